The molecule has 1 saturated heterocycles. The number of hydrogen-bond donors (Lipinski definition) is 1. The van der Waals surface area contributed by atoms with Gasteiger partial charge in [0.1, 0.15) is 5.69 Å². The number of aromatic nitrogens is 1. The van der Waals surface area contributed by atoms with Crippen molar-refractivity contribution < 1.29 is 9.22 Å². The van der Waals surface area contributed by atoms with E-state index in [1.807, 2.05) is 0 Å². The second-order valence-electron chi connectivity index (χ2n) is 8.69. The molecule has 0 saturated carbocycles. The number of anilines is 1. The van der Waals surface area contributed by atoms with E-state index in [0.29, 0.717) is 5.69 Å². The Morgan fingerprint density at radius 2 is 1.60 bits per heavy atom. The number of benzene rings is 2. The predicted molar refractivity (Wildman–Crippen MR) is 125 cm³/mol. The van der Waals surface area contributed by atoms with Crippen LogP contribution in [0.15, 0.2) is 66.0 Å². The van der Waals surface area contributed by atoms with E-state index in [-0.39, 0.29) is 11.1 Å². The molecule has 1 aliphatic heterocycles. The maximum Gasteiger partial charge on any atom is 0.268 e. The molecule has 4 rings (SSSR count). The topological polar surface area (TPSA) is 68.4 Å². The monoisotopic (exact) mass is 437 g/mol. The highest BCUT2D eigenvalue weighted by Gasteiger charge is 2.52. The van der Waals surface area contributed by atoms with Gasteiger partial charge in [0.05, 0.1) is 6.10 Å². The molecule has 0 atom stereocenters. The second-order valence-corrected chi connectivity index (χ2v) is 13.8. The highest BCUT2D eigenvalue weighted by molar-refractivity contribution is 7.14. The summed E-state index contributed by atoms with van der Waals surface area (Å²) < 4.78 is 7.10. The van der Waals surface area contributed by atoms with Crippen molar-refractivity contribution in [2.75, 3.05) is 18.0 Å². The summed E-state index contributed by atoms with van der Waals surface area (Å²) in [6.07, 6.45) is 0.109. The lowest BCUT2D eigenvalue weighted by atomic mass is 10.2. The lowest BCUT2D eigenvalue weighted by Crippen LogP contribution is -2.70. The van der Waals surface area contributed by atoms with Gasteiger partial charge in [0.25, 0.3) is 14.2 Å². The van der Waals surface area contributed by atoms with Crippen molar-refractivity contribution in [1.29, 1.82) is 0 Å². The zero-order chi connectivity index (χ0) is 21.4. The molecule has 2 N–H and O–H groups in total. The fraction of sp³-hybridized carbons (Fsp3) is 0.304. The average Bonchev–Trinajstić information content (AvgIpc) is 3.18. The molecule has 0 bridgehead atoms. The number of primary amides is 1. The number of carbonyl (C=O) groups is 1. The Labute approximate surface area is 182 Å². The van der Waals surface area contributed by atoms with Crippen molar-refractivity contribution in [1.82, 2.24) is 4.98 Å². The summed E-state index contributed by atoms with van der Waals surface area (Å²) in [5, 5.41) is 5.07. The van der Waals surface area contributed by atoms with Gasteiger partial charge in [0, 0.05) is 18.5 Å². The van der Waals surface area contributed by atoms with E-state index in [1.54, 1.807) is 5.38 Å². The molecule has 1 fully saturated rings. The summed E-state index contributed by atoms with van der Waals surface area (Å²) in [5.74, 6) is -0.488. The van der Waals surface area contributed by atoms with Gasteiger partial charge in [0.15, 0.2) is 5.13 Å². The largest absolute Gasteiger partial charge is 0.401 e. The highest BCUT2D eigenvalue weighted by Crippen LogP contribution is 2.39. The predicted octanol–water partition coefficient (Wildman–Crippen LogP) is 3.01. The van der Waals surface area contributed by atoms with Crippen LogP contribution in [-0.4, -0.2) is 38.4 Å². The lowest BCUT2D eigenvalue weighted by molar-refractivity contribution is 0.0996. The minimum absolute atomic E-state index is 0.0452. The molecule has 5 nitrogen and oxygen atoms in total. The van der Waals surface area contributed by atoms with E-state index in [1.165, 1.54) is 21.7 Å². The third-order valence-corrected chi connectivity index (χ3v) is 11.6. The zero-order valence-corrected chi connectivity index (χ0v) is 19.4. The molecular formula is C23H27N3O2SSi. The van der Waals surface area contributed by atoms with Crippen LogP contribution in [0.3, 0.4) is 0 Å². The molecule has 0 spiro atoms. The molecule has 2 aromatic carbocycles. The van der Waals surface area contributed by atoms with Crippen LogP contribution >= 0.6 is 11.3 Å². The Morgan fingerprint density at radius 3 is 2.03 bits per heavy atom. The number of nitrogens with zero attached hydrogens (tertiary/aromatic N) is 2. The Kier molecular flexibility index (Phi) is 5.53. The van der Waals surface area contributed by atoms with Gasteiger partial charge in [-0.2, -0.15) is 0 Å². The molecule has 1 aromatic heterocycles. The van der Waals surface area contributed by atoms with E-state index in [2.05, 4.69) is 91.3 Å². The molecule has 2 heterocycles. The van der Waals surface area contributed by atoms with Gasteiger partial charge in [-0.05, 0) is 15.4 Å². The average molecular weight is 438 g/mol. The van der Waals surface area contributed by atoms with Crippen molar-refractivity contribution in [3.63, 3.8) is 0 Å². The minimum atomic E-state index is -2.54. The summed E-state index contributed by atoms with van der Waals surface area (Å²) >= 11 is 1.45. The summed E-state index contributed by atoms with van der Waals surface area (Å²) in [7, 11) is -2.54. The minimum Gasteiger partial charge on any atom is -0.401 e. The first kappa shape index (κ1) is 20.8. The van der Waals surface area contributed by atoms with E-state index in [9.17, 15) is 4.79 Å². The van der Waals surface area contributed by atoms with E-state index in [0.717, 1.165) is 18.2 Å². The Morgan fingerprint density at radius 1 is 1.07 bits per heavy atom. The molecule has 0 unspecified atom stereocenters. The SMILES string of the molecule is CC(C)(C)[Si](OC1CN(c2nc(C(N)=O)cs2)C1)(c1ccccc1)c1ccccc1. The van der Waals surface area contributed by atoms with Crippen LogP contribution in [0.2, 0.25) is 5.04 Å². The summed E-state index contributed by atoms with van der Waals surface area (Å²) in [6, 6.07) is 21.3. The number of amides is 1. The first-order chi connectivity index (χ1) is 14.3. The van der Waals surface area contributed by atoms with Crippen LogP contribution in [0.4, 0.5) is 5.13 Å². The third-order valence-electron chi connectivity index (χ3n) is 5.62. The molecule has 1 aliphatic rings. The summed E-state index contributed by atoms with van der Waals surface area (Å²) in [5.41, 5.74) is 5.67. The van der Waals surface area contributed by atoms with Crippen LogP contribution in [0, 0.1) is 0 Å². The fourth-order valence-corrected chi connectivity index (χ4v) is 9.63. The van der Waals surface area contributed by atoms with Gasteiger partial charge in [0.2, 0.25) is 0 Å². The highest BCUT2D eigenvalue weighted by atomic mass is 32.1. The molecular weight excluding hydrogens is 410 g/mol. The zero-order valence-electron chi connectivity index (χ0n) is 17.5. The molecule has 3 aromatic rings. The third kappa shape index (κ3) is 3.68. The maximum atomic E-state index is 11.3. The smallest absolute Gasteiger partial charge is 0.268 e. The number of carbonyl (C=O) groups excluding carboxylic acids is 1. The van der Waals surface area contributed by atoms with Gasteiger partial charge < -0.3 is 15.1 Å². The maximum absolute atomic E-state index is 11.3. The van der Waals surface area contributed by atoms with Gasteiger partial charge in [-0.15, -0.1) is 11.3 Å². The van der Waals surface area contributed by atoms with Gasteiger partial charge in [-0.3, -0.25) is 4.79 Å². The van der Waals surface area contributed by atoms with E-state index < -0.39 is 14.2 Å². The molecule has 30 heavy (non-hydrogen) atoms. The molecule has 0 aliphatic carbocycles. The van der Waals surface area contributed by atoms with Crippen LogP contribution in [-0.2, 0) is 4.43 Å². The lowest BCUT2D eigenvalue weighted by Gasteiger charge is -2.49. The Bertz CT molecular complexity index is 972. The molecule has 156 valence electrons. The quantitative estimate of drug-likeness (QED) is 0.602. The van der Waals surface area contributed by atoms with Crippen molar-refractivity contribution in [3.05, 3.63) is 71.7 Å². The van der Waals surface area contributed by atoms with E-state index >= 15 is 0 Å². The van der Waals surface area contributed by atoms with Crippen molar-refractivity contribution >= 4 is 41.1 Å². The first-order valence-corrected chi connectivity index (χ1v) is 12.9. The molecule has 7 heteroatoms. The van der Waals surface area contributed by atoms with Crippen LogP contribution < -0.4 is 21.0 Å². The van der Waals surface area contributed by atoms with E-state index in [4.69, 9.17) is 10.2 Å². The van der Waals surface area contributed by atoms with Crippen molar-refractivity contribution in [2.45, 2.75) is 31.9 Å². The van der Waals surface area contributed by atoms with Gasteiger partial charge in [-0.1, -0.05) is 81.4 Å². The van der Waals surface area contributed by atoms with Gasteiger partial charge in [-0.25, -0.2) is 4.98 Å². The number of rotatable bonds is 6. The fourth-order valence-electron chi connectivity index (χ4n) is 4.13. The number of thiazole rings is 1. The molecule has 0 radical (unpaired) electrons. The molecule has 1 amide bonds. The van der Waals surface area contributed by atoms with Crippen molar-refractivity contribution in [2.24, 2.45) is 5.73 Å². The second kappa shape index (κ2) is 7.98. The summed E-state index contributed by atoms with van der Waals surface area (Å²) in [6.45, 7) is 8.38. The Hall–Kier alpha value is -2.48. The van der Waals surface area contributed by atoms with Gasteiger partial charge >= 0.3 is 0 Å². The van der Waals surface area contributed by atoms with Crippen LogP contribution in [0.1, 0.15) is 31.3 Å². The number of hydrogen-bond acceptors (Lipinski definition) is 5. The first-order valence-electron chi connectivity index (χ1n) is 10.1. The summed E-state index contributed by atoms with van der Waals surface area (Å²) in [4.78, 5) is 17.9. The van der Waals surface area contributed by atoms with Crippen LogP contribution in [0.25, 0.3) is 0 Å². The van der Waals surface area contributed by atoms with Crippen LogP contribution in [0.5, 0.6) is 0 Å². The number of nitrogens with two attached hydrogens (primary N) is 1. The van der Waals surface area contributed by atoms with Crippen molar-refractivity contribution in [3.8, 4) is 0 Å². The Balaban J connectivity index is 1.64. The normalized spacial score (nSPS) is 15.1. The standard InChI is InChI=1S/C23H27N3O2SSi/c1-23(2,3)30(18-10-6-4-7-11-18,19-12-8-5-9-13-19)28-17-14-26(15-17)22-25-20(16-29-22)21(24)27/h4-13,16-17H,14-15H2,1-3H3,(H2,24,27).